The molecule has 0 aromatic heterocycles. The molecule has 0 aliphatic rings. The van der Waals surface area contributed by atoms with Crippen LogP contribution >= 0.6 is 0 Å². The van der Waals surface area contributed by atoms with Crippen LogP contribution in [-0.4, -0.2) is 18.4 Å². The quantitative estimate of drug-likeness (QED) is 0.832. The molecular weight excluding hydrogens is 299 g/mol. The van der Waals surface area contributed by atoms with E-state index in [-0.39, 0.29) is 24.5 Å². The van der Waals surface area contributed by atoms with Crippen molar-refractivity contribution in [3.8, 4) is 5.75 Å². The molecule has 6 heteroatoms. The van der Waals surface area contributed by atoms with E-state index in [9.17, 15) is 14.0 Å². The number of nitrogens with one attached hydrogen (secondary N) is 2. The number of rotatable bonds is 5. The van der Waals surface area contributed by atoms with E-state index in [1.807, 2.05) is 31.2 Å². The number of aryl methyl sites for hydroxylation is 1. The number of ether oxygens (including phenoxy) is 1. The van der Waals surface area contributed by atoms with Crippen LogP contribution in [0.3, 0.4) is 0 Å². The molecule has 120 valence electrons. The van der Waals surface area contributed by atoms with Gasteiger partial charge in [-0.05, 0) is 42.8 Å². The topological polar surface area (TPSA) is 67.4 Å². The minimum absolute atomic E-state index is 0.0953. The van der Waals surface area contributed by atoms with Crippen molar-refractivity contribution in [1.29, 1.82) is 0 Å². The van der Waals surface area contributed by atoms with Crippen molar-refractivity contribution in [3.05, 3.63) is 65.5 Å². The Morgan fingerprint density at radius 1 is 1.04 bits per heavy atom. The highest BCUT2D eigenvalue weighted by molar-refractivity contribution is 5.95. The van der Waals surface area contributed by atoms with E-state index >= 15 is 0 Å². The van der Waals surface area contributed by atoms with E-state index < -0.39 is 11.7 Å². The maximum Gasteiger partial charge on any atom is 0.269 e. The Morgan fingerprint density at radius 2 is 1.74 bits per heavy atom. The Hall–Kier alpha value is -2.89. The molecule has 2 rings (SSSR count). The van der Waals surface area contributed by atoms with Crippen LogP contribution in [0.2, 0.25) is 0 Å². The lowest BCUT2D eigenvalue weighted by Crippen LogP contribution is -2.42. The number of para-hydroxylation sites is 1. The summed E-state index contributed by atoms with van der Waals surface area (Å²) in [5.41, 5.74) is 5.78. The first kappa shape index (κ1) is 16.5. The van der Waals surface area contributed by atoms with E-state index in [0.29, 0.717) is 0 Å². The fourth-order valence-corrected chi connectivity index (χ4v) is 1.83. The highest BCUT2D eigenvalue weighted by Gasteiger charge is 2.08. The molecule has 0 fully saturated rings. The molecule has 2 N–H and O–H groups in total. The Morgan fingerprint density at radius 3 is 2.43 bits per heavy atom. The van der Waals surface area contributed by atoms with Crippen molar-refractivity contribution < 1.29 is 18.7 Å². The summed E-state index contributed by atoms with van der Waals surface area (Å²) in [6, 6.07) is 12.5. The third kappa shape index (κ3) is 5.10. The van der Waals surface area contributed by atoms with Crippen LogP contribution in [0.4, 0.5) is 4.39 Å². The molecular formula is C17H17FN2O3. The maximum atomic E-state index is 12.8. The van der Waals surface area contributed by atoms with Crippen molar-refractivity contribution in [2.75, 3.05) is 6.61 Å². The van der Waals surface area contributed by atoms with Crippen LogP contribution in [0, 0.1) is 12.7 Å². The molecule has 2 aromatic carbocycles. The van der Waals surface area contributed by atoms with Crippen molar-refractivity contribution >= 4 is 11.8 Å². The largest absolute Gasteiger partial charge is 0.493 e. The van der Waals surface area contributed by atoms with Crippen molar-refractivity contribution in [3.63, 3.8) is 0 Å². The third-order valence-corrected chi connectivity index (χ3v) is 3.10. The van der Waals surface area contributed by atoms with Gasteiger partial charge in [0.25, 0.3) is 5.91 Å². The molecule has 0 radical (unpaired) electrons. The van der Waals surface area contributed by atoms with Gasteiger partial charge in [-0.25, -0.2) is 4.39 Å². The van der Waals surface area contributed by atoms with Gasteiger partial charge in [0, 0.05) is 5.56 Å². The first-order valence-electron chi connectivity index (χ1n) is 7.09. The van der Waals surface area contributed by atoms with Gasteiger partial charge >= 0.3 is 0 Å². The fraction of sp³-hybridized carbons (Fsp3) is 0.176. The molecule has 5 nitrogen and oxygen atoms in total. The Bertz CT molecular complexity index is 686. The molecule has 0 unspecified atom stereocenters. The summed E-state index contributed by atoms with van der Waals surface area (Å²) in [7, 11) is 0. The summed E-state index contributed by atoms with van der Waals surface area (Å²) >= 11 is 0. The van der Waals surface area contributed by atoms with E-state index in [4.69, 9.17) is 4.74 Å². The van der Waals surface area contributed by atoms with Gasteiger partial charge in [0.05, 0.1) is 13.0 Å². The molecule has 0 saturated carbocycles. The molecule has 0 heterocycles. The second-order valence-corrected chi connectivity index (χ2v) is 4.87. The normalized spacial score (nSPS) is 10.0. The molecule has 0 bridgehead atoms. The van der Waals surface area contributed by atoms with Gasteiger partial charge in [-0.1, -0.05) is 18.2 Å². The predicted octanol–water partition coefficient (Wildman–Crippen LogP) is 2.36. The Balaban J connectivity index is 1.72. The van der Waals surface area contributed by atoms with Crippen LogP contribution in [-0.2, 0) is 4.79 Å². The second-order valence-electron chi connectivity index (χ2n) is 4.87. The number of benzene rings is 2. The number of hydrogen-bond donors (Lipinski definition) is 2. The average Bonchev–Trinajstić information content (AvgIpc) is 2.55. The Kier molecular flexibility index (Phi) is 5.68. The minimum Gasteiger partial charge on any atom is -0.493 e. The van der Waals surface area contributed by atoms with Gasteiger partial charge in [0.2, 0.25) is 5.91 Å². The standard InChI is InChI=1S/C17H17FN2O3/c1-12-4-2-3-5-15(12)23-11-10-16(21)19-20-17(22)13-6-8-14(18)9-7-13/h2-9H,10-11H2,1H3,(H,19,21)(H,20,22). The number of carbonyl (C=O) groups excluding carboxylic acids is 2. The summed E-state index contributed by atoms with van der Waals surface area (Å²) in [4.78, 5) is 23.4. The molecule has 0 spiro atoms. The summed E-state index contributed by atoms with van der Waals surface area (Å²) in [5.74, 6) is -0.609. The molecule has 2 amide bonds. The van der Waals surface area contributed by atoms with E-state index in [2.05, 4.69) is 10.9 Å². The lowest BCUT2D eigenvalue weighted by Gasteiger charge is -2.10. The Labute approximate surface area is 133 Å². The van der Waals surface area contributed by atoms with Crippen LogP contribution in [0.15, 0.2) is 48.5 Å². The monoisotopic (exact) mass is 316 g/mol. The maximum absolute atomic E-state index is 12.8. The third-order valence-electron chi connectivity index (χ3n) is 3.10. The zero-order valence-electron chi connectivity index (χ0n) is 12.6. The highest BCUT2D eigenvalue weighted by Crippen LogP contribution is 2.16. The number of amides is 2. The summed E-state index contributed by atoms with van der Waals surface area (Å²) in [6.45, 7) is 2.11. The number of hydrogen-bond acceptors (Lipinski definition) is 3. The van der Waals surface area contributed by atoms with E-state index in [1.165, 1.54) is 24.3 Å². The summed E-state index contributed by atoms with van der Waals surface area (Å²) in [5, 5.41) is 0. The van der Waals surface area contributed by atoms with Crippen molar-refractivity contribution in [2.24, 2.45) is 0 Å². The van der Waals surface area contributed by atoms with Gasteiger partial charge in [0.15, 0.2) is 0 Å². The van der Waals surface area contributed by atoms with Gasteiger partial charge in [-0.3, -0.25) is 20.4 Å². The average molecular weight is 316 g/mol. The van der Waals surface area contributed by atoms with Crippen LogP contribution < -0.4 is 15.6 Å². The molecule has 0 aliphatic carbocycles. The van der Waals surface area contributed by atoms with Crippen molar-refractivity contribution in [1.82, 2.24) is 10.9 Å². The van der Waals surface area contributed by atoms with Crippen LogP contribution in [0.25, 0.3) is 0 Å². The predicted molar refractivity (Wildman–Crippen MR) is 83.3 cm³/mol. The van der Waals surface area contributed by atoms with Gasteiger partial charge < -0.3 is 4.74 Å². The SMILES string of the molecule is Cc1ccccc1OCCC(=O)NNC(=O)c1ccc(F)cc1. The first-order chi connectivity index (χ1) is 11.1. The van der Waals surface area contributed by atoms with Crippen LogP contribution in [0.1, 0.15) is 22.3 Å². The molecule has 0 saturated heterocycles. The zero-order valence-corrected chi connectivity index (χ0v) is 12.6. The van der Waals surface area contributed by atoms with Crippen LogP contribution in [0.5, 0.6) is 5.75 Å². The second kappa shape index (κ2) is 7.93. The number of halogens is 1. The van der Waals surface area contributed by atoms with Gasteiger partial charge in [-0.15, -0.1) is 0 Å². The lowest BCUT2D eigenvalue weighted by atomic mass is 10.2. The molecule has 23 heavy (non-hydrogen) atoms. The van der Waals surface area contributed by atoms with Gasteiger partial charge in [-0.2, -0.15) is 0 Å². The van der Waals surface area contributed by atoms with E-state index in [0.717, 1.165) is 11.3 Å². The molecule has 2 aromatic rings. The first-order valence-corrected chi connectivity index (χ1v) is 7.09. The van der Waals surface area contributed by atoms with Crippen molar-refractivity contribution in [2.45, 2.75) is 13.3 Å². The lowest BCUT2D eigenvalue weighted by molar-refractivity contribution is -0.122. The number of carbonyl (C=O) groups is 2. The minimum atomic E-state index is -0.516. The fourth-order valence-electron chi connectivity index (χ4n) is 1.83. The molecule has 0 aliphatic heterocycles. The van der Waals surface area contributed by atoms with Gasteiger partial charge in [0.1, 0.15) is 11.6 Å². The highest BCUT2D eigenvalue weighted by atomic mass is 19.1. The van der Waals surface area contributed by atoms with E-state index in [1.54, 1.807) is 0 Å². The smallest absolute Gasteiger partial charge is 0.269 e. The summed E-state index contributed by atoms with van der Waals surface area (Å²) in [6.07, 6.45) is 0.0953. The zero-order chi connectivity index (χ0) is 16.7. The molecule has 0 atom stereocenters. The number of hydrazine groups is 1. The summed E-state index contributed by atoms with van der Waals surface area (Å²) < 4.78 is 18.3.